The summed E-state index contributed by atoms with van der Waals surface area (Å²) in [4.78, 5) is 71.4. The van der Waals surface area contributed by atoms with E-state index in [1.165, 1.54) is 12.0 Å². The molecule has 2 saturated heterocycles. The highest BCUT2D eigenvalue weighted by Crippen LogP contribution is 2.37. The topological polar surface area (TPSA) is 186 Å². The summed E-state index contributed by atoms with van der Waals surface area (Å²) < 4.78 is 23.5. The van der Waals surface area contributed by atoms with Gasteiger partial charge in [0.1, 0.15) is 30.1 Å². The number of ketones is 3. The van der Waals surface area contributed by atoms with Crippen LogP contribution >= 0.6 is 0 Å². The van der Waals surface area contributed by atoms with E-state index in [2.05, 4.69) is 0 Å². The average molecular weight is 884 g/mol. The third-order valence-electron chi connectivity index (χ3n) is 14.1. The second-order valence-electron chi connectivity index (χ2n) is 19.3. The van der Waals surface area contributed by atoms with Crippen molar-refractivity contribution in [2.24, 2.45) is 35.5 Å². The summed E-state index contributed by atoms with van der Waals surface area (Å²) in [7, 11) is 2.95. The molecule has 63 heavy (non-hydrogen) atoms. The van der Waals surface area contributed by atoms with Crippen molar-refractivity contribution in [2.45, 2.75) is 180 Å². The third-order valence-corrected chi connectivity index (χ3v) is 14.1. The number of carbonyl (C=O) groups excluding carboxylic acids is 5. The molecule has 0 aromatic carbocycles. The molecule has 13 nitrogen and oxygen atoms in total. The Morgan fingerprint density at radius 1 is 0.889 bits per heavy atom. The van der Waals surface area contributed by atoms with Crippen molar-refractivity contribution in [3.63, 3.8) is 0 Å². The van der Waals surface area contributed by atoms with Crippen LogP contribution in [0.1, 0.15) is 132 Å². The van der Waals surface area contributed by atoms with Crippen LogP contribution in [0, 0.1) is 35.5 Å². The van der Waals surface area contributed by atoms with Crippen molar-refractivity contribution in [3.05, 3.63) is 47.6 Å². The van der Waals surface area contributed by atoms with Crippen LogP contribution in [0.4, 0.5) is 0 Å². The number of ether oxygens (including phenoxy) is 4. The van der Waals surface area contributed by atoms with Crippen LogP contribution in [0.3, 0.4) is 0 Å². The number of aliphatic hydroxyl groups is 3. The Morgan fingerprint density at radius 2 is 1.62 bits per heavy atom. The SMILES string of the molecule is CO[C@@H]1C[C@@H](CC(C)[C@@H]2CC(=O)[C@H](C)/C=C(\C)[C@@H](O)[C@@H](OC)C(=O)[C@H](C)C[C@H](C)/C=C/C=C/C=C(/C)CC[C@@H]3CC[C@@H](C)[C@@](O)(O3)C(=O)C(=O)N3CCCC[C@H]3C(=O)O2)CC[C@H]1O. The molecule has 3 aliphatic heterocycles. The minimum atomic E-state index is -2.36. The van der Waals surface area contributed by atoms with Gasteiger partial charge in [-0.1, -0.05) is 76.6 Å². The molecule has 0 aromatic heterocycles. The summed E-state index contributed by atoms with van der Waals surface area (Å²) >= 11 is 0. The molecule has 1 amide bonds. The standard InChI is InChI=1S/C50H77NO12/c1-30-15-11-10-12-16-31(2)25-34(5)44(54)46(61-9)45(55)35(6)26-32(3)41(53)29-42(33(4)27-37-20-23-40(52)43(28-37)60-8)62-49(58)39-17-13-14-24-51(39)48(57)47(56)50(59)36(7)19-22-38(63-50)21-18-30/h10-12,15-16,26,31-34,36-40,42-43,45-46,52,55,59H,13-14,17-25,27-29H2,1-9H3/b11-10+,16-12+,30-15-,35-26+/t31-,32-,33?,34-,36-,37-,38-,39+,40-,42+,43-,45-,46+,50-/m1/s1. The fraction of sp³-hybridized carbons (Fsp3) is 0.740. The van der Waals surface area contributed by atoms with Crippen LogP contribution < -0.4 is 0 Å². The normalized spacial score (nSPS) is 40.1. The molecular formula is C50H77NO12. The number of amides is 1. The first kappa shape index (κ1) is 52.3. The van der Waals surface area contributed by atoms with Crippen LogP contribution in [-0.2, 0) is 42.9 Å². The molecule has 0 spiro atoms. The van der Waals surface area contributed by atoms with Gasteiger partial charge in [0.05, 0.1) is 18.3 Å². The summed E-state index contributed by atoms with van der Waals surface area (Å²) in [6.45, 7) is 12.9. The van der Waals surface area contributed by atoms with E-state index in [9.17, 15) is 39.3 Å². The van der Waals surface area contributed by atoms with Gasteiger partial charge in [0.15, 0.2) is 5.78 Å². The van der Waals surface area contributed by atoms with E-state index in [1.807, 2.05) is 58.1 Å². The van der Waals surface area contributed by atoms with E-state index in [4.69, 9.17) is 18.9 Å². The first-order valence-electron chi connectivity index (χ1n) is 23.4. The Bertz CT molecular complexity index is 1700. The van der Waals surface area contributed by atoms with E-state index in [-0.39, 0.29) is 54.8 Å². The van der Waals surface area contributed by atoms with Gasteiger partial charge in [0.2, 0.25) is 5.79 Å². The highest BCUT2D eigenvalue weighted by molar-refractivity contribution is 6.39. The summed E-state index contributed by atoms with van der Waals surface area (Å²) in [6.07, 6.45) is 13.1. The monoisotopic (exact) mass is 884 g/mol. The number of esters is 1. The minimum absolute atomic E-state index is 0.0501. The van der Waals surface area contributed by atoms with Gasteiger partial charge < -0.3 is 39.2 Å². The van der Waals surface area contributed by atoms with Crippen molar-refractivity contribution < 1.29 is 58.2 Å². The Hall–Kier alpha value is -3.33. The van der Waals surface area contributed by atoms with Crippen LogP contribution in [0.5, 0.6) is 0 Å². The van der Waals surface area contributed by atoms with Gasteiger partial charge in [-0.2, -0.15) is 0 Å². The van der Waals surface area contributed by atoms with Crippen molar-refractivity contribution in [1.82, 2.24) is 4.90 Å². The largest absolute Gasteiger partial charge is 0.460 e. The number of aliphatic hydroxyl groups excluding tert-OH is 2. The second-order valence-corrected chi connectivity index (χ2v) is 19.3. The Labute approximate surface area is 375 Å². The number of hydrogen-bond donors (Lipinski definition) is 3. The fourth-order valence-electron chi connectivity index (χ4n) is 9.82. The fourth-order valence-corrected chi connectivity index (χ4v) is 9.82. The lowest BCUT2D eigenvalue weighted by molar-refractivity contribution is -0.263. The van der Waals surface area contributed by atoms with E-state index < -0.39 is 77.8 Å². The first-order chi connectivity index (χ1) is 29.8. The summed E-state index contributed by atoms with van der Waals surface area (Å²) in [6, 6.07) is -1.11. The molecule has 1 unspecified atom stereocenters. The number of nitrogens with zero attached hydrogens (tertiary/aromatic N) is 1. The maximum atomic E-state index is 14.3. The van der Waals surface area contributed by atoms with Crippen LogP contribution in [0.15, 0.2) is 47.6 Å². The Kier molecular flexibility index (Phi) is 20.1. The lowest BCUT2D eigenvalue weighted by Crippen LogP contribution is -2.60. The van der Waals surface area contributed by atoms with Crippen molar-refractivity contribution >= 4 is 29.2 Å². The van der Waals surface area contributed by atoms with E-state index in [1.54, 1.807) is 34.0 Å². The van der Waals surface area contributed by atoms with Gasteiger partial charge in [0.25, 0.3) is 11.7 Å². The molecular weight excluding hydrogens is 807 g/mol. The highest BCUT2D eigenvalue weighted by atomic mass is 16.6. The molecule has 3 fully saturated rings. The zero-order chi connectivity index (χ0) is 46.6. The molecule has 354 valence electrons. The maximum absolute atomic E-state index is 14.3. The van der Waals surface area contributed by atoms with E-state index in [0.29, 0.717) is 69.8 Å². The van der Waals surface area contributed by atoms with Gasteiger partial charge in [-0.3, -0.25) is 19.2 Å². The molecule has 3 heterocycles. The lowest BCUT2D eigenvalue weighted by Gasteiger charge is -2.42. The van der Waals surface area contributed by atoms with Crippen molar-refractivity contribution in [2.75, 3.05) is 20.8 Å². The Balaban J connectivity index is 1.67. The van der Waals surface area contributed by atoms with Crippen molar-refractivity contribution in [3.8, 4) is 0 Å². The molecule has 3 N–H and O–H groups in total. The second kappa shape index (κ2) is 24.3. The zero-order valence-corrected chi connectivity index (χ0v) is 39.3. The van der Waals surface area contributed by atoms with Gasteiger partial charge in [-0.25, -0.2) is 4.79 Å². The van der Waals surface area contributed by atoms with Crippen LogP contribution in [0.2, 0.25) is 0 Å². The predicted octanol–water partition coefficient (Wildman–Crippen LogP) is 6.56. The molecule has 4 aliphatic rings. The quantitative estimate of drug-likeness (QED) is 0.154. The number of Topliss-reactive ketones (excluding diaryl/α,β-unsaturated/α-hetero) is 3. The molecule has 1 aliphatic carbocycles. The maximum Gasteiger partial charge on any atom is 0.329 e. The number of carbonyl (C=O) groups is 5. The lowest BCUT2D eigenvalue weighted by atomic mass is 9.78. The minimum Gasteiger partial charge on any atom is -0.460 e. The Morgan fingerprint density at radius 3 is 2.32 bits per heavy atom. The third kappa shape index (κ3) is 14.1. The smallest absolute Gasteiger partial charge is 0.329 e. The van der Waals surface area contributed by atoms with Gasteiger partial charge in [0, 0.05) is 44.9 Å². The highest BCUT2D eigenvalue weighted by Gasteiger charge is 2.53. The predicted molar refractivity (Wildman–Crippen MR) is 239 cm³/mol. The summed E-state index contributed by atoms with van der Waals surface area (Å²) in [5.74, 6) is -7.65. The van der Waals surface area contributed by atoms with Crippen molar-refractivity contribution in [1.29, 1.82) is 0 Å². The van der Waals surface area contributed by atoms with Crippen LogP contribution in [0.25, 0.3) is 0 Å². The number of rotatable bonds is 5. The number of piperidine rings is 1. The summed E-state index contributed by atoms with van der Waals surface area (Å²) in [5.41, 5.74) is 1.46. The molecule has 2 bridgehead atoms. The summed E-state index contributed by atoms with van der Waals surface area (Å²) in [5, 5.41) is 33.7. The molecule has 1 saturated carbocycles. The molecule has 14 atom stereocenters. The number of fused-ring (bicyclic) bond motifs is 3. The molecule has 4 rings (SSSR count). The molecule has 13 heteroatoms. The zero-order valence-electron chi connectivity index (χ0n) is 39.3. The molecule has 0 radical (unpaired) electrons. The number of hydrogen-bond acceptors (Lipinski definition) is 12. The number of methoxy groups -OCH3 is 2. The first-order valence-corrected chi connectivity index (χ1v) is 23.4. The van der Waals surface area contributed by atoms with E-state index in [0.717, 1.165) is 12.0 Å². The van der Waals surface area contributed by atoms with Gasteiger partial charge in [-0.05, 0) is 114 Å². The molecule has 0 aromatic rings. The number of cyclic esters (lactones) is 1. The van der Waals surface area contributed by atoms with E-state index >= 15 is 0 Å². The number of allylic oxidation sites excluding steroid dienone is 7. The van der Waals surface area contributed by atoms with Gasteiger partial charge in [-0.15, -0.1) is 0 Å². The van der Waals surface area contributed by atoms with Gasteiger partial charge >= 0.3 is 5.97 Å². The van der Waals surface area contributed by atoms with Crippen LogP contribution in [-0.4, -0.2) is 119 Å². The average Bonchev–Trinajstić information content (AvgIpc) is 3.26.